The van der Waals surface area contributed by atoms with Crippen molar-refractivity contribution in [3.8, 4) is 11.5 Å². The monoisotopic (exact) mass is 266 g/mol. The average Bonchev–Trinajstić information content (AvgIpc) is 2.42. The Labute approximate surface area is 110 Å². The predicted octanol–water partition coefficient (Wildman–Crippen LogP) is 1.59. The summed E-state index contributed by atoms with van der Waals surface area (Å²) in [5, 5.41) is 8.62. The molecule has 0 aliphatic rings. The summed E-state index contributed by atoms with van der Waals surface area (Å²) in [6, 6.07) is 2.94. The van der Waals surface area contributed by atoms with E-state index in [1.165, 1.54) is 39.5 Å². The Hall–Kier alpha value is -2.50. The first-order chi connectivity index (χ1) is 9.03. The third kappa shape index (κ3) is 3.48. The van der Waals surface area contributed by atoms with Gasteiger partial charge in [-0.05, 0) is 12.1 Å². The number of ether oxygens (including phenoxy) is 3. The van der Waals surface area contributed by atoms with Gasteiger partial charge in [-0.15, -0.1) is 0 Å². The highest BCUT2D eigenvalue weighted by molar-refractivity contribution is 5.94. The van der Waals surface area contributed by atoms with Crippen LogP contribution in [-0.2, 0) is 9.53 Å². The van der Waals surface area contributed by atoms with Gasteiger partial charge in [0.15, 0.2) is 0 Å². The molecule has 0 bridgehead atoms. The zero-order chi connectivity index (χ0) is 14.4. The molecule has 1 N–H and O–H groups in total. The van der Waals surface area contributed by atoms with Crippen LogP contribution in [0.5, 0.6) is 11.5 Å². The molecule has 6 heteroatoms. The number of esters is 1. The smallest absolute Gasteiger partial charge is 0.341 e. The molecule has 1 aromatic carbocycles. The lowest BCUT2D eigenvalue weighted by molar-refractivity contribution is -0.131. The summed E-state index contributed by atoms with van der Waals surface area (Å²) >= 11 is 0. The number of rotatable bonds is 5. The molecular formula is C13H14O6. The number of aliphatic carboxylic acids is 1. The van der Waals surface area contributed by atoms with Crippen LogP contribution in [0.4, 0.5) is 0 Å². The van der Waals surface area contributed by atoms with Gasteiger partial charge in [0, 0.05) is 17.7 Å². The van der Waals surface area contributed by atoms with Gasteiger partial charge in [0.2, 0.25) is 0 Å². The lowest BCUT2D eigenvalue weighted by Crippen LogP contribution is -2.05. The van der Waals surface area contributed by atoms with Gasteiger partial charge in [0.25, 0.3) is 0 Å². The first-order valence-corrected chi connectivity index (χ1v) is 5.28. The van der Waals surface area contributed by atoms with Crippen LogP contribution in [0.1, 0.15) is 15.9 Å². The van der Waals surface area contributed by atoms with Crippen LogP contribution in [0.2, 0.25) is 0 Å². The van der Waals surface area contributed by atoms with E-state index in [0.29, 0.717) is 11.3 Å². The van der Waals surface area contributed by atoms with Crippen molar-refractivity contribution >= 4 is 18.0 Å². The van der Waals surface area contributed by atoms with E-state index in [1.54, 1.807) is 0 Å². The Morgan fingerprint density at radius 2 is 1.74 bits per heavy atom. The zero-order valence-electron chi connectivity index (χ0n) is 10.8. The van der Waals surface area contributed by atoms with Crippen molar-refractivity contribution in [3.63, 3.8) is 0 Å². The van der Waals surface area contributed by atoms with Crippen molar-refractivity contribution in [2.45, 2.75) is 0 Å². The van der Waals surface area contributed by atoms with Crippen molar-refractivity contribution in [1.82, 2.24) is 0 Å². The highest BCUT2D eigenvalue weighted by Gasteiger charge is 2.16. The second kappa shape index (κ2) is 6.44. The lowest BCUT2D eigenvalue weighted by Gasteiger charge is -2.11. The molecule has 0 unspecified atom stereocenters. The van der Waals surface area contributed by atoms with Crippen molar-refractivity contribution in [2.24, 2.45) is 0 Å². The molecule has 0 amide bonds. The number of carboxylic acid groups (broad SMARTS) is 1. The van der Waals surface area contributed by atoms with Crippen molar-refractivity contribution in [3.05, 3.63) is 29.3 Å². The summed E-state index contributed by atoms with van der Waals surface area (Å²) in [7, 11) is 4.09. The third-order valence-corrected chi connectivity index (χ3v) is 2.36. The summed E-state index contributed by atoms with van der Waals surface area (Å²) in [6.45, 7) is 0. The minimum Gasteiger partial charge on any atom is -0.496 e. The van der Waals surface area contributed by atoms with Gasteiger partial charge in [-0.2, -0.15) is 0 Å². The van der Waals surface area contributed by atoms with E-state index in [0.717, 1.165) is 6.08 Å². The lowest BCUT2D eigenvalue weighted by atomic mass is 10.1. The molecule has 6 nitrogen and oxygen atoms in total. The molecule has 102 valence electrons. The molecule has 1 aromatic rings. The Balaban J connectivity index is 3.36. The second-order valence-corrected chi connectivity index (χ2v) is 3.46. The van der Waals surface area contributed by atoms with Crippen LogP contribution in [-0.4, -0.2) is 38.4 Å². The molecular weight excluding hydrogens is 252 g/mol. The van der Waals surface area contributed by atoms with E-state index in [4.69, 9.17) is 14.6 Å². The predicted molar refractivity (Wildman–Crippen MR) is 67.6 cm³/mol. The van der Waals surface area contributed by atoms with E-state index in [2.05, 4.69) is 4.74 Å². The normalized spacial score (nSPS) is 10.3. The highest BCUT2D eigenvalue weighted by Crippen LogP contribution is 2.30. The number of hydrogen-bond acceptors (Lipinski definition) is 5. The topological polar surface area (TPSA) is 82.1 Å². The van der Waals surface area contributed by atoms with Crippen LogP contribution in [0.15, 0.2) is 18.2 Å². The molecule has 0 fully saturated rings. The molecule has 19 heavy (non-hydrogen) atoms. The molecule has 0 saturated carbocycles. The number of benzene rings is 1. The first kappa shape index (κ1) is 14.6. The molecule has 0 atom stereocenters. The van der Waals surface area contributed by atoms with Crippen molar-refractivity contribution in [1.29, 1.82) is 0 Å². The van der Waals surface area contributed by atoms with Gasteiger partial charge in [0.05, 0.1) is 21.3 Å². The van der Waals surface area contributed by atoms with Gasteiger partial charge in [-0.3, -0.25) is 0 Å². The molecule has 0 radical (unpaired) electrons. The summed E-state index contributed by atoms with van der Waals surface area (Å²) in [5.41, 5.74) is 0.627. The van der Waals surface area contributed by atoms with Gasteiger partial charge in [0.1, 0.15) is 17.1 Å². The number of hydrogen-bond donors (Lipinski definition) is 1. The number of carbonyl (C=O) groups excluding carboxylic acids is 1. The first-order valence-electron chi connectivity index (χ1n) is 5.28. The quantitative estimate of drug-likeness (QED) is 0.643. The van der Waals surface area contributed by atoms with Gasteiger partial charge >= 0.3 is 11.9 Å². The maximum Gasteiger partial charge on any atom is 0.341 e. The number of carboxylic acids is 1. The Morgan fingerprint density at radius 3 is 2.21 bits per heavy atom. The van der Waals surface area contributed by atoms with Gasteiger partial charge in [-0.25, -0.2) is 9.59 Å². The fourth-order valence-electron chi connectivity index (χ4n) is 1.48. The molecule has 0 aromatic heterocycles. The molecule has 0 aliphatic heterocycles. The second-order valence-electron chi connectivity index (χ2n) is 3.46. The van der Waals surface area contributed by atoms with Crippen LogP contribution < -0.4 is 9.47 Å². The molecule has 0 spiro atoms. The summed E-state index contributed by atoms with van der Waals surface area (Å²) in [6.07, 6.45) is 2.28. The number of carbonyl (C=O) groups is 2. The minimum atomic E-state index is -1.10. The van der Waals surface area contributed by atoms with Crippen molar-refractivity contribution in [2.75, 3.05) is 21.3 Å². The number of methoxy groups -OCH3 is 3. The van der Waals surface area contributed by atoms with Crippen LogP contribution in [0.3, 0.4) is 0 Å². The van der Waals surface area contributed by atoms with Crippen LogP contribution >= 0.6 is 0 Å². The van der Waals surface area contributed by atoms with E-state index < -0.39 is 11.9 Å². The fourth-order valence-corrected chi connectivity index (χ4v) is 1.48. The summed E-state index contributed by atoms with van der Waals surface area (Å²) in [4.78, 5) is 22.1. The Kier molecular flexibility index (Phi) is 4.93. The van der Waals surface area contributed by atoms with Gasteiger partial charge in [-0.1, -0.05) is 0 Å². The molecule has 1 rings (SSSR count). The zero-order valence-corrected chi connectivity index (χ0v) is 10.8. The highest BCUT2D eigenvalue weighted by atomic mass is 16.5. The van der Waals surface area contributed by atoms with E-state index >= 15 is 0 Å². The van der Waals surface area contributed by atoms with Crippen molar-refractivity contribution < 1.29 is 28.9 Å². The Morgan fingerprint density at radius 1 is 1.11 bits per heavy atom. The standard InChI is InChI=1S/C13H14O6/c1-17-10-7-11(18-2)9(13(16)19-3)6-8(10)4-5-12(14)15/h4-7H,1-3H3,(H,14,15). The van der Waals surface area contributed by atoms with E-state index in [9.17, 15) is 9.59 Å². The largest absolute Gasteiger partial charge is 0.496 e. The molecule has 0 saturated heterocycles. The minimum absolute atomic E-state index is 0.191. The van der Waals surface area contributed by atoms with E-state index in [-0.39, 0.29) is 11.3 Å². The summed E-state index contributed by atoms with van der Waals surface area (Å²) in [5.74, 6) is -1.000. The van der Waals surface area contributed by atoms with Gasteiger partial charge < -0.3 is 19.3 Å². The SMILES string of the molecule is COC(=O)c1cc(C=CC(=O)O)c(OC)cc1OC. The third-order valence-electron chi connectivity index (χ3n) is 2.36. The summed E-state index contributed by atoms with van der Waals surface area (Å²) < 4.78 is 14.8. The van der Waals surface area contributed by atoms with Crippen LogP contribution in [0.25, 0.3) is 6.08 Å². The van der Waals surface area contributed by atoms with E-state index in [1.807, 2.05) is 0 Å². The fraction of sp³-hybridized carbons (Fsp3) is 0.231. The maximum absolute atomic E-state index is 11.6. The average molecular weight is 266 g/mol. The Bertz CT molecular complexity index is 518. The maximum atomic E-state index is 11.6. The molecule has 0 heterocycles. The van der Waals surface area contributed by atoms with Crippen LogP contribution in [0, 0.1) is 0 Å². The molecule has 0 aliphatic carbocycles.